The first-order valence-electron chi connectivity index (χ1n) is 11.5. The number of halogens is 4. The Morgan fingerprint density at radius 3 is 2.51 bits per heavy atom. The third-order valence-electron chi connectivity index (χ3n) is 7.00. The molecule has 0 spiro atoms. The number of oxazole rings is 1. The quantitative estimate of drug-likeness (QED) is 0.606. The van der Waals surface area contributed by atoms with Gasteiger partial charge in [-0.1, -0.05) is 0 Å². The highest BCUT2D eigenvalue weighted by Crippen LogP contribution is 2.52. The smallest absolute Gasteiger partial charge is 0.396 e. The number of amides is 1. The average molecular weight is 497 g/mol. The third kappa shape index (κ3) is 4.68. The summed E-state index contributed by atoms with van der Waals surface area (Å²) in [7, 11) is 0. The van der Waals surface area contributed by atoms with Gasteiger partial charge in [-0.25, -0.2) is 4.39 Å². The fourth-order valence-electron chi connectivity index (χ4n) is 5.19. The van der Waals surface area contributed by atoms with Crippen LogP contribution in [0.15, 0.2) is 22.6 Å². The highest BCUT2D eigenvalue weighted by molar-refractivity contribution is 6.03. The van der Waals surface area contributed by atoms with E-state index in [1.54, 1.807) is 4.90 Å². The zero-order valence-electron chi connectivity index (χ0n) is 18.5. The molecule has 4 aliphatic rings. The van der Waals surface area contributed by atoms with Gasteiger partial charge in [0.2, 0.25) is 0 Å². The lowest BCUT2D eigenvalue weighted by molar-refractivity contribution is -0.130. The molecule has 35 heavy (non-hydrogen) atoms. The van der Waals surface area contributed by atoms with Crippen molar-refractivity contribution in [3.8, 4) is 5.75 Å². The molecule has 3 heterocycles. The summed E-state index contributed by atoms with van der Waals surface area (Å²) in [6.07, 6.45) is -3.56. The SMILES string of the molecule is O=C(Nc1ccc(OC2CC3CC3C2)c(F)c1)c1nc(N2CC3OCOC3C2)oc1CC(F)(F)F. The molecule has 0 radical (unpaired) electrons. The van der Waals surface area contributed by atoms with Crippen LogP contribution in [0, 0.1) is 17.7 Å². The first-order chi connectivity index (χ1) is 16.7. The second-order valence-electron chi connectivity index (χ2n) is 9.56. The van der Waals surface area contributed by atoms with Crippen molar-refractivity contribution in [1.29, 1.82) is 0 Å². The largest absolute Gasteiger partial charge is 0.487 e. The van der Waals surface area contributed by atoms with Crippen molar-refractivity contribution in [1.82, 2.24) is 4.98 Å². The number of benzene rings is 1. The van der Waals surface area contributed by atoms with Gasteiger partial charge in [-0.2, -0.15) is 18.2 Å². The minimum atomic E-state index is -4.62. The summed E-state index contributed by atoms with van der Waals surface area (Å²) in [6, 6.07) is 3.79. The first-order valence-corrected chi connectivity index (χ1v) is 11.5. The van der Waals surface area contributed by atoms with E-state index in [0.717, 1.165) is 18.9 Å². The average Bonchev–Trinajstić information content (AvgIpc) is 3.22. The molecule has 1 amide bonds. The number of alkyl halides is 3. The lowest BCUT2D eigenvalue weighted by Crippen LogP contribution is -2.23. The standard InChI is InChI=1S/C23H23F4N3O5/c24-15-6-13(1-2-16(15)34-14-4-11-3-12(11)5-14)28-21(31)20-17(7-23(25,26)27)35-22(29-20)30-8-18-19(9-30)33-10-32-18/h1-2,6,11-12,14,18-19H,3-5,7-10H2,(H,28,31). The molecule has 2 aromatic rings. The van der Waals surface area contributed by atoms with E-state index in [4.69, 9.17) is 18.6 Å². The molecule has 2 saturated carbocycles. The van der Waals surface area contributed by atoms with Gasteiger partial charge < -0.3 is 28.8 Å². The summed E-state index contributed by atoms with van der Waals surface area (Å²) in [5.41, 5.74) is -0.448. The topological polar surface area (TPSA) is 86.1 Å². The molecule has 0 bridgehead atoms. The molecule has 4 fully saturated rings. The van der Waals surface area contributed by atoms with Gasteiger partial charge >= 0.3 is 6.18 Å². The number of carbonyl (C=O) groups is 1. The maximum Gasteiger partial charge on any atom is 0.396 e. The second-order valence-corrected chi connectivity index (χ2v) is 9.56. The fraction of sp³-hybridized carbons (Fsp3) is 0.565. The third-order valence-corrected chi connectivity index (χ3v) is 7.00. The van der Waals surface area contributed by atoms with E-state index in [1.165, 1.54) is 18.6 Å². The molecule has 4 unspecified atom stereocenters. The Hall–Kier alpha value is -2.86. The molecule has 8 nitrogen and oxygen atoms in total. The van der Waals surface area contributed by atoms with Gasteiger partial charge in [0.1, 0.15) is 31.2 Å². The molecule has 188 valence electrons. The Balaban J connectivity index is 1.17. The summed E-state index contributed by atoms with van der Waals surface area (Å²) in [5, 5.41) is 2.41. The van der Waals surface area contributed by atoms with Crippen molar-refractivity contribution in [3.05, 3.63) is 35.5 Å². The van der Waals surface area contributed by atoms with Crippen LogP contribution in [0.3, 0.4) is 0 Å². The van der Waals surface area contributed by atoms with Crippen molar-refractivity contribution in [2.75, 3.05) is 30.1 Å². The maximum absolute atomic E-state index is 14.6. The van der Waals surface area contributed by atoms with E-state index >= 15 is 0 Å². The van der Waals surface area contributed by atoms with Crippen LogP contribution in [-0.2, 0) is 15.9 Å². The molecular weight excluding hydrogens is 474 g/mol. The van der Waals surface area contributed by atoms with Gasteiger partial charge in [0.05, 0.1) is 19.2 Å². The van der Waals surface area contributed by atoms with Crippen molar-refractivity contribution < 1.29 is 41.0 Å². The molecule has 1 N–H and O–H groups in total. The van der Waals surface area contributed by atoms with Crippen molar-refractivity contribution in [3.63, 3.8) is 0 Å². The number of fused-ring (bicyclic) bond motifs is 2. The molecule has 2 aliphatic carbocycles. The van der Waals surface area contributed by atoms with Crippen LogP contribution in [0.5, 0.6) is 5.75 Å². The lowest BCUT2D eigenvalue weighted by Gasteiger charge is -2.16. The van der Waals surface area contributed by atoms with Crippen LogP contribution in [0.2, 0.25) is 0 Å². The van der Waals surface area contributed by atoms with E-state index < -0.39 is 35.8 Å². The number of nitrogens with one attached hydrogen (secondary N) is 1. The van der Waals surface area contributed by atoms with Crippen LogP contribution >= 0.6 is 0 Å². The lowest BCUT2D eigenvalue weighted by atomic mass is 10.2. The predicted octanol–water partition coefficient (Wildman–Crippen LogP) is 3.91. The Morgan fingerprint density at radius 2 is 1.86 bits per heavy atom. The van der Waals surface area contributed by atoms with Gasteiger partial charge in [-0.15, -0.1) is 0 Å². The molecule has 6 rings (SSSR count). The molecule has 1 aromatic carbocycles. The Morgan fingerprint density at radius 1 is 1.14 bits per heavy atom. The fourth-order valence-corrected chi connectivity index (χ4v) is 5.19. The van der Waals surface area contributed by atoms with Crippen molar-refractivity contribution in [2.45, 2.75) is 50.2 Å². The highest BCUT2D eigenvalue weighted by atomic mass is 19.4. The number of rotatable bonds is 6. The van der Waals surface area contributed by atoms with Gasteiger partial charge in [-0.05, 0) is 43.2 Å². The van der Waals surface area contributed by atoms with Gasteiger partial charge in [-0.3, -0.25) is 4.79 Å². The number of carbonyl (C=O) groups excluding carboxylic acids is 1. The maximum atomic E-state index is 14.6. The van der Waals surface area contributed by atoms with Crippen LogP contribution in [0.25, 0.3) is 0 Å². The van der Waals surface area contributed by atoms with Gasteiger partial charge in [0.15, 0.2) is 17.3 Å². The number of aromatic nitrogens is 1. The monoisotopic (exact) mass is 497 g/mol. The number of nitrogens with zero attached hydrogens (tertiary/aromatic N) is 2. The molecule has 2 saturated heterocycles. The summed E-state index contributed by atoms with van der Waals surface area (Å²) in [5.74, 6) is -0.775. The van der Waals surface area contributed by atoms with E-state index in [2.05, 4.69) is 10.3 Å². The summed E-state index contributed by atoms with van der Waals surface area (Å²) >= 11 is 0. The van der Waals surface area contributed by atoms with Crippen LogP contribution in [-0.4, -0.2) is 55.3 Å². The number of ether oxygens (including phenoxy) is 3. The van der Waals surface area contributed by atoms with E-state index in [9.17, 15) is 22.4 Å². The first kappa shape index (κ1) is 22.6. The molecule has 4 atom stereocenters. The van der Waals surface area contributed by atoms with Crippen LogP contribution in [0.1, 0.15) is 35.5 Å². The number of hydrogen-bond donors (Lipinski definition) is 1. The normalized spacial score (nSPS) is 29.3. The summed E-state index contributed by atoms with van der Waals surface area (Å²) in [6.45, 7) is 0.781. The molecule has 2 aliphatic heterocycles. The Kier molecular flexibility index (Phi) is 5.40. The highest BCUT2D eigenvalue weighted by Gasteiger charge is 2.47. The summed E-state index contributed by atoms with van der Waals surface area (Å²) in [4.78, 5) is 18.4. The second kappa shape index (κ2) is 8.37. The van der Waals surface area contributed by atoms with E-state index in [1.807, 2.05) is 0 Å². The van der Waals surface area contributed by atoms with E-state index in [-0.39, 0.29) is 42.6 Å². The van der Waals surface area contributed by atoms with Gasteiger partial charge in [0.25, 0.3) is 11.9 Å². The minimum Gasteiger partial charge on any atom is -0.487 e. The van der Waals surface area contributed by atoms with Crippen molar-refractivity contribution in [2.24, 2.45) is 11.8 Å². The molecule has 1 aromatic heterocycles. The Bertz CT molecular complexity index is 1120. The van der Waals surface area contributed by atoms with Crippen LogP contribution < -0.4 is 15.0 Å². The molecular formula is C23H23F4N3O5. The minimum absolute atomic E-state index is 0.0203. The zero-order chi connectivity index (χ0) is 24.3. The van der Waals surface area contributed by atoms with Gasteiger partial charge in [0, 0.05) is 11.8 Å². The van der Waals surface area contributed by atoms with Crippen molar-refractivity contribution >= 4 is 17.6 Å². The number of hydrogen-bond acceptors (Lipinski definition) is 7. The summed E-state index contributed by atoms with van der Waals surface area (Å²) < 4.78 is 75.9. The number of anilines is 2. The predicted molar refractivity (Wildman–Crippen MR) is 113 cm³/mol. The van der Waals surface area contributed by atoms with E-state index in [0.29, 0.717) is 24.9 Å². The Labute approximate surface area is 197 Å². The molecule has 12 heteroatoms. The van der Waals surface area contributed by atoms with Crippen LogP contribution in [0.4, 0.5) is 29.3 Å². The zero-order valence-corrected chi connectivity index (χ0v) is 18.5.